The summed E-state index contributed by atoms with van der Waals surface area (Å²) in [6, 6.07) is 13.6. The van der Waals surface area contributed by atoms with E-state index in [1.54, 1.807) is 0 Å². The molecule has 0 heterocycles. The summed E-state index contributed by atoms with van der Waals surface area (Å²) < 4.78 is 56.4. The average molecular weight is 463 g/mol. The smallest absolute Gasteiger partial charge is 0.199 e. The van der Waals surface area contributed by atoms with Gasteiger partial charge in [0.05, 0.1) is 0 Å². The molecular formula is C29H38F4. The Hall–Kier alpha value is -1.84. The number of alkyl halides is 4. The fourth-order valence-corrected chi connectivity index (χ4v) is 5.15. The van der Waals surface area contributed by atoms with Crippen LogP contribution in [0.25, 0.3) is 11.1 Å². The van der Waals surface area contributed by atoms with Gasteiger partial charge >= 0.3 is 11.8 Å². The molecule has 1 aliphatic carbocycles. The van der Waals surface area contributed by atoms with E-state index in [4.69, 9.17) is 0 Å². The summed E-state index contributed by atoms with van der Waals surface area (Å²) in [7, 11) is 0. The molecule has 0 spiro atoms. The van der Waals surface area contributed by atoms with Gasteiger partial charge in [-0.05, 0) is 54.2 Å². The first-order chi connectivity index (χ1) is 15.8. The van der Waals surface area contributed by atoms with E-state index in [-0.39, 0.29) is 6.42 Å². The SMILES string of the molecule is CCCCCCC1CCC(c2ccc(-c3ccc(C(F)(F)C(F)(F)CCC)cc3)cc2)CC1. The Labute approximate surface area is 196 Å². The van der Waals surface area contributed by atoms with Gasteiger partial charge < -0.3 is 0 Å². The Morgan fingerprint density at radius 3 is 1.82 bits per heavy atom. The van der Waals surface area contributed by atoms with E-state index in [1.807, 2.05) is 12.1 Å². The van der Waals surface area contributed by atoms with Crippen LogP contribution in [0.4, 0.5) is 17.6 Å². The average Bonchev–Trinajstić information content (AvgIpc) is 2.82. The molecule has 0 atom stereocenters. The van der Waals surface area contributed by atoms with Gasteiger partial charge in [-0.3, -0.25) is 0 Å². The Morgan fingerprint density at radius 2 is 1.27 bits per heavy atom. The highest BCUT2D eigenvalue weighted by Crippen LogP contribution is 2.46. The zero-order valence-corrected chi connectivity index (χ0v) is 20.1. The first-order valence-electron chi connectivity index (χ1n) is 12.7. The molecule has 2 aromatic carbocycles. The lowest BCUT2D eigenvalue weighted by Crippen LogP contribution is -2.37. The standard InChI is InChI=1S/C29H38F4/c1-3-5-6-7-8-22-9-11-23(12-10-22)24-13-15-25(16-14-24)26-17-19-27(20-18-26)29(32,33)28(30,31)21-4-2/h13-20,22-23H,3-12,21H2,1-2H3. The number of hydrogen-bond donors (Lipinski definition) is 0. The van der Waals surface area contributed by atoms with E-state index >= 15 is 0 Å². The second-order valence-electron chi connectivity index (χ2n) is 9.80. The van der Waals surface area contributed by atoms with Crippen molar-refractivity contribution < 1.29 is 17.6 Å². The maximum Gasteiger partial charge on any atom is 0.335 e. The monoisotopic (exact) mass is 462 g/mol. The van der Waals surface area contributed by atoms with Crippen LogP contribution in [-0.4, -0.2) is 5.92 Å². The molecule has 1 fully saturated rings. The van der Waals surface area contributed by atoms with Gasteiger partial charge in [-0.15, -0.1) is 0 Å². The molecular weight excluding hydrogens is 424 g/mol. The molecule has 2 aromatic rings. The third kappa shape index (κ3) is 6.39. The summed E-state index contributed by atoms with van der Waals surface area (Å²) in [6.07, 6.45) is 11.0. The van der Waals surface area contributed by atoms with Crippen molar-refractivity contribution in [2.75, 3.05) is 0 Å². The lowest BCUT2D eigenvalue weighted by atomic mass is 9.77. The summed E-state index contributed by atoms with van der Waals surface area (Å²) in [6.45, 7) is 3.73. The third-order valence-corrected chi connectivity index (χ3v) is 7.30. The Bertz CT molecular complexity index is 831. The van der Waals surface area contributed by atoms with Crippen LogP contribution in [0.15, 0.2) is 48.5 Å². The third-order valence-electron chi connectivity index (χ3n) is 7.30. The molecule has 182 valence electrons. The number of benzene rings is 2. The van der Waals surface area contributed by atoms with Gasteiger partial charge in [-0.2, -0.15) is 17.6 Å². The molecule has 0 radical (unpaired) electrons. The summed E-state index contributed by atoms with van der Waals surface area (Å²) in [5.41, 5.74) is 2.38. The summed E-state index contributed by atoms with van der Waals surface area (Å²) in [5.74, 6) is -6.74. The maximum absolute atomic E-state index is 14.3. The van der Waals surface area contributed by atoms with Gasteiger partial charge in [-0.1, -0.05) is 101 Å². The van der Waals surface area contributed by atoms with Crippen molar-refractivity contribution >= 4 is 0 Å². The van der Waals surface area contributed by atoms with Crippen LogP contribution in [0, 0.1) is 5.92 Å². The molecule has 4 heteroatoms. The number of halogens is 4. The zero-order chi connectivity index (χ0) is 23.9. The van der Waals surface area contributed by atoms with E-state index in [0.717, 1.165) is 29.2 Å². The summed E-state index contributed by atoms with van der Waals surface area (Å²) in [4.78, 5) is 0. The minimum Gasteiger partial charge on any atom is -0.199 e. The van der Waals surface area contributed by atoms with E-state index in [1.165, 1.54) is 82.4 Å². The molecule has 0 bridgehead atoms. The van der Waals surface area contributed by atoms with Gasteiger partial charge in [-0.25, -0.2) is 0 Å². The predicted octanol–water partition coefficient (Wildman–Crippen LogP) is 10.1. The minimum atomic E-state index is -4.17. The van der Waals surface area contributed by atoms with Crippen molar-refractivity contribution in [1.82, 2.24) is 0 Å². The minimum absolute atomic E-state index is 0.00757. The van der Waals surface area contributed by atoms with Crippen LogP contribution in [0.1, 0.15) is 102 Å². The Balaban J connectivity index is 1.58. The normalized spacial score (nSPS) is 19.6. The summed E-state index contributed by atoms with van der Waals surface area (Å²) in [5, 5.41) is 0. The molecule has 0 aliphatic heterocycles. The van der Waals surface area contributed by atoms with Gasteiger partial charge in [0.15, 0.2) is 0 Å². The number of unbranched alkanes of at least 4 members (excludes halogenated alkanes) is 3. The van der Waals surface area contributed by atoms with Crippen molar-refractivity contribution in [3.63, 3.8) is 0 Å². The highest BCUT2D eigenvalue weighted by Gasteiger charge is 2.56. The molecule has 0 N–H and O–H groups in total. The quantitative estimate of drug-likeness (QED) is 0.230. The Kier molecular flexibility index (Phi) is 9.01. The van der Waals surface area contributed by atoms with Crippen molar-refractivity contribution in [2.24, 2.45) is 5.92 Å². The van der Waals surface area contributed by atoms with Gasteiger partial charge in [0.25, 0.3) is 0 Å². The maximum atomic E-state index is 14.3. The van der Waals surface area contributed by atoms with Gasteiger partial charge in [0.2, 0.25) is 0 Å². The molecule has 3 rings (SSSR count). The molecule has 0 amide bonds. The zero-order valence-electron chi connectivity index (χ0n) is 20.1. The first-order valence-corrected chi connectivity index (χ1v) is 12.7. The van der Waals surface area contributed by atoms with E-state index in [0.29, 0.717) is 5.92 Å². The first kappa shape index (κ1) is 25.8. The van der Waals surface area contributed by atoms with Crippen molar-refractivity contribution in [3.8, 4) is 11.1 Å². The van der Waals surface area contributed by atoms with E-state index in [2.05, 4.69) is 19.1 Å². The van der Waals surface area contributed by atoms with Crippen LogP contribution in [0.3, 0.4) is 0 Å². The second kappa shape index (κ2) is 11.5. The largest absolute Gasteiger partial charge is 0.335 e. The van der Waals surface area contributed by atoms with Crippen LogP contribution in [0.5, 0.6) is 0 Å². The molecule has 0 nitrogen and oxygen atoms in total. The van der Waals surface area contributed by atoms with Crippen LogP contribution in [0.2, 0.25) is 0 Å². The van der Waals surface area contributed by atoms with Crippen LogP contribution >= 0.6 is 0 Å². The molecule has 0 aromatic heterocycles. The summed E-state index contributed by atoms with van der Waals surface area (Å²) >= 11 is 0. The highest BCUT2D eigenvalue weighted by molar-refractivity contribution is 5.64. The molecule has 0 saturated heterocycles. The molecule has 0 unspecified atom stereocenters. The fraction of sp³-hybridized carbons (Fsp3) is 0.586. The number of rotatable bonds is 11. The second-order valence-corrected chi connectivity index (χ2v) is 9.80. The van der Waals surface area contributed by atoms with Crippen molar-refractivity contribution in [3.05, 3.63) is 59.7 Å². The van der Waals surface area contributed by atoms with Gasteiger partial charge in [0, 0.05) is 12.0 Å². The molecule has 33 heavy (non-hydrogen) atoms. The van der Waals surface area contributed by atoms with Crippen molar-refractivity contribution in [2.45, 2.75) is 102 Å². The van der Waals surface area contributed by atoms with Crippen molar-refractivity contribution in [1.29, 1.82) is 0 Å². The lowest BCUT2D eigenvalue weighted by molar-refractivity contribution is -0.219. The van der Waals surface area contributed by atoms with Gasteiger partial charge in [0.1, 0.15) is 0 Å². The highest BCUT2D eigenvalue weighted by atomic mass is 19.3. The van der Waals surface area contributed by atoms with Crippen LogP contribution in [-0.2, 0) is 5.92 Å². The van der Waals surface area contributed by atoms with E-state index in [9.17, 15) is 17.6 Å². The Morgan fingerprint density at radius 1 is 0.697 bits per heavy atom. The lowest BCUT2D eigenvalue weighted by Gasteiger charge is -2.29. The molecule has 1 saturated carbocycles. The topological polar surface area (TPSA) is 0 Å². The number of hydrogen-bond acceptors (Lipinski definition) is 0. The predicted molar refractivity (Wildman–Crippen MR) is 129 cm³/mol. The fourth-order valence-electron chi connectivity index (χ4n) is 5.15. The van der Waals surface area contributed by atoms with Crippen LogP contribution < -0.4 is 0 Å². The molecule has 1 aliphatic rings. The van der Waals surface area contributed by atoms with E-state index < -0.39 is 23.8 Å².